The number of halogens is 2. The van der Waals surface area contributed by atoms with Gasteiger partial charge in [-0.3, -0.25) is 0 Å². The SMILES string of the molecule is O/N=C(\Cl)[n+]1ccccc1Br. The lowest BCUT2D eigenvalue weighted by Gasteiger charge is -1.93. The zero-order valence-corrected chi connectivity index (χ0v) is 7.75. The summed E-state index contributed by atoms with van der Waals surface area (Å²) < 4.78 is 2.21. The largest absolute Gasteiger partial charge is 0.446 e. The Morgan fingerprint density at radius 3 is 2.91 bits per heavy atom. The van der Waals surface area contributed by atoms with Crippen molar-refractivity contribution >= 4 is 32.8 Å². The first-order chi connectivity index (χ1) is 5.25. The maximum absolute atomic E-state index is 8.33. The summed E-state index contributed by atoms with van der Waals surface area (Å²) in [6.45, 7) is 0. The minimum absolute atomic E-state index is 0.00234. The van der Waals surface area contributed by atoms with E-state index >= 15 is 0 Å². The van der Waals surface area contributed by atoms with E-state index in [2.05, 4.69) is 21.1 Å². The molecule has 0 radical (unpaired) electrons. The molecule has 0 spiro atoms. The molecule has 0 saturated carbocycles. The van der Waals surface area contributed by atoms with E-state index in [9.17, 15) is 0 Å². The van der Waals surface area contributed by atoms with Crippen LogP contribution in [0.25, 0.3) is 0 Å². The number of hydrogen-bond acceptors (Lipinski definition) is 2. The van der Waals surface area contributed by atoms with Crippen LogP contribution in [0.4, 0.5) is 0 Å². The lowest BCUT2D eigenvalue weighted by molar-refractivity contribution is -0.564. The highest BCUT2D eigenvalue weighted by Crippen LogP contribution is 2.01. The molecule has 0 aliphatic carbocycles. The first-order valence-electron chi connectivity index (χ1n) is 2.80. The molecule has 0 aromatic carbocycles. The Hall–Kier alpha value is -0.610. The molecule has 1 aromatic rings. The average Bonchev–Trinajstić information content (AvgIpc) is 2.04. The van der Waals surface area contributed by atoms with Gasteiger partial charge in [0.25, 0.3) is 0 Å². The van der Waals surface area contributed by atoms with Crippen molar-refractivity contribution in [2.24, 2.45) is 5.16 Å². The smallest absolute Gasteiger partial charge is 0.312 e. The predicted molar refractivity (Wildman–Crippen MR) is 44.8 cm³/mol. The van der Waals surface area contributed by atoms with Gasteiger partial charge in [0.05, 0.1) is 6.20 Å². The second-order valence-corrected chi connectivity index (χ2v) is 2.91. The van der Waals surface area contributed by atoms with Gasteiger partial charge in [0.2, 0.25) is 0 Å². The Balaban J connectivity index is 3.14. The van der Waals surface area contributed by atoms with Gasteiger partial charge in [-0.05, 0) is 28.1 Å². The summed E-state index contributed by atoms with van der Waals surface area (Å²) in [7, 11) is 0. The molecular weight excluding hydrogens is 231 g/mol. The van der Waals surface area contributed by atoms with Crippen LogP contribution in [-0.2, 0) is 0 Å². The van der Waals surface area contributed by atoms with E-state index in [4.69, 9.17) is 16.8 Å². The van der Waals surface area contributed by atoms with E-state index in [-0.39, 0.29) is 5.29 Å². The van der Waals surface area contributed by atoms with Crippen LogP contribution in [0.2, 0.25) is 0 Å². The molecule has 0 amide bonds. The van der Waals surface area contributed by atoms with Gasteiger partial charge in [-0.1, -0.05) is 6.07 Å². The van der Waals surface area contributed by atoms with Crippen molar-refractivity contribution < 1.29 is 9.77 Å². The first-order valence-corrected chi connectivity index (χ1v) is 3.97. The average molecular weight is 236 g/mol. The van der Waals surface area contributed by atoms with E-state index in [1.807, 2.05) is 6.07 Å². The number of nitrogens with zero attached hydrogens (tertiary/aromatic N) is 2. The van der Waals surface area contributed by atoms with Crippen LogP contribution >= 0.6 is 27.5 Å². The monoisotopic (exact) mass is 235 g/mol. The number of rotatable bonds is 0. The minimum atomic E-state index is -0.00234. The molecule has 0 aliphatic heterocycles. The van der Waals surface area contributed by atoms with E-state index in [0.29, 0.717) is 0 Å². The highest BCUT2D eigenvalue weighted by atomic mass is 79.9. The fourth-order valence-electron chi connectivity index (χ4n) is 0.620. The highest BCUT2D eigenvalue weighted by molar-refractivity contribution is 9.10. The number of pyridine rings is 1. The van der Waals surface area contributed by atoms with E-state index in [1.165, 1.54) is 4.57 Å². The molecule has 3 nitrogen and oxygen atoms in total. The summed E-state index contributed by atoms with van der Waals surface area (Å²) in [5, 5.41) is 11.2. The summed E-state index contributed by atoms with van der Waals surface area (Å²) in [6, 6.07) is 5.40. The molecule has 1 N–H and O–H groups in total. The number of oxime groups is 1. The van der Waals surface area contributed by atoms with Gasteiger partial charge in [-0.25, -0.2) is 0 Å². The fourth-order valence-corrected chi connectivity index (χ4v) is 1.31. The molecule has 5 heteroatoms. The molecule has 0 saturated heterocycles. The standard InChI is InChI=1S/C6H4BrClN2O/c7-5-3-1-2-4-10(5)6(8)9-11/h1-4H/p+1/b9-6+. The summed E-state index contributed by atoms with van der Waals surface area (Å²) in [5.74, 6) is 0. The van der Waals surface area contributed by atoms with Crippen LogP contribution in [0.5, 0.6) is 0 Å². The molecule has 11 heavy (non-hydrogen) atoms. The normalized spacial score (nSPS) is 11.6. The molecule has 1 heterocycles. The highest BCUT2D eigenvalue weighted by Gasteiger charge is 2.10. The molecule has 0 unspecified atom stereocenters. The van der Waals surface area contributed by atoms with Gasteiger partial charge in [-0.2, -0.15) is 4.57 Å². The van der Waals surface area contributed by atoms with Crippen molar-refractivity contribution in [1.82, 2.24) is 0 Å². The minimum Gasteiger partial charge on any atom is -0.312 e. The van der Waals surface area contributed by atoms with Crippen LogP contribution in [-0.4, -0.2) is 10.5 Å². The van der Waals surface area contributed by atoms with Gasteiger partial charge in [-0.15, -0.1) is 0 Å². The van der Waals surface area contributed by atoms with Crippen LogP contribution < -0.4 is 4.57 Å². The third-order valence-electron chi connectivity index (χ3n) is 1.09. The molecule has 0 bridgehead atoms. The summed E-state index contributed by atoms with van der Waals surface area (Å²) >= 11 is 8.75. The van der Waals surface area contributed by atoms with Crippen molar-refractivity contribution in [3.05, 3.63) is 29.0 Å². The van der Waals surface area contributed by atoms with Crippen molar-refractivity contribution in [3.8, 4) is 0 Å². The Kier molecular flexibility index (Phi) is 2.84. The van der Waals surface area contributed by atoms with Gasteiger partial charge in [0, 0.05) is 11.6 Å². The maximum Gasteiger partial charge on any atom is 0.446 e. The molecule has 0 fully saturated rings. The second kappa shape index (κ2) is 3.69. The molecule has 58 valence electrons. The third kappa shape index (κ3) is 1.91. The molecular formula is C6H5BrClN2O+. The topological polar surface area (TPSA) is 36.5 Å². The van der Waals surface area contributed by atoms with E-state index in [1.54, 1.807) is 18.3 Å². The zero-order valence-electron chi connectivity index (χ0n) is 5.41. The van der Waals surface area contributed by atoms with Crippen molar-refractivity contribution in [3.63, 3.8) is 0 Å². The second-order valence-electron chi connectivity index (χ2n) is 1.76. The summed E-state index contributed by atoms with van der Waals surface area (Å²) in [5.41, 5.74) is 0. The quantitative estimate of drug-likeness (QED) is 0.182. The molecule has 1 rings (SSSR count). The Morgan fingerprint density at radius 1 is 1.64 bits per heavy atom. The van der Waals surface area contributed by atoms with Crippen molar-refractivity contribution in [1.29, 1.82) is 0 Å². The number of aromatic nitrogens is 1. The lowest BCUT2D eigenvalue weighted by Crippen LogP contribution is -2.40. The van der Waals surface area contributed by atoms with Gasteiger partial charge >= 0.3 is 5.29 Å². The Morgan fingerprint density at radius 2 is 2.36 bits per heavy atom. The third-order valence-corrected chi connectivity index (χ3v) is 2.00. The van der Waals surface area contributed by atoms with Crippen LogP contribution in [0, 0.1) is 0 Å². The maximum atomic E-state index is 8.33. The fraction of sp³-hybridized carbons (Fsp3) is 0. The predicted octanol–water partition coefficient (Wildman–Crippen LogP) is 1.57. The van der Waals surface area contributed by atoms with Crippen LogP contribution in [0.15, 0.2) is 34.2 Å². The number of hydrogen-bond donors (Lipinski definition) is 1. The zero-order chi connectivity index (χ0) is 8.27. The van der Waals surface area contributed by atoms with Crippen LogP contribution in [0.3, 0.4) is 0 Å². The summed E-state index contributed by atoms with van der Waals surface area (Å²) in [6.07, 6.45) is 1.67. The van der Waals surface area contributed by atoms with Crippen LogP contribution in [0.1, 0.15) is 0 Å². The van der Waals surface area contributed by atoms with Gasteiger partial charge < -0.3 is 5.21 Å². The lowest BCUT2D eigenvalue weighted by atomic mass is 10.5. The Labute approximate surface area is 77.0 Å². The van der Waals surface area contributed by atoms with Crippen molar-refractivity contribution in [2.75, 3.05) is 0 Å². The summed E-state index contributed by atoms with van der Waals surface area (Å²) in [4.78, 5) is 0. The first kappa shape index (κ1) is 8.49. The van der Waals surface area contributed by atoms with Gasteiger partial charge in [0.15, 0.2) is 9.76 Å². The van der Waals surface area contributed by atoms with Gasteiger partial charge in [0.1, 0.15) is 0 Å². The molecule has 0 aliphatic rings. The van der Waals surface area contributed by atoms with E-state index < -0.39 is 0 Å². The van der Waals surface area contributed by atoms with E-state index in [0.717, 1.165) is 4.60 Å². The molecule has 0 atom stereocenters. The Bertz CT molecular complexity index is 290. The van der Waals surface area contributed by atoms with Crippen molar-refractivity contribution in [2.45, 2.75) is 0 Å². The molecule has 1 aromatic heterocycles.